The van der Waals surface area contributed by atoms with Crippen LogP contribution in [-0.2, 0) is 9.59 Å². The monoisotopic (exact) mass is 355 g/mol. The van der Waals surface area contributed by atoms with Crippen LogP contribution in [0, 0.1) is 12.8 Å². The molecule has 2 aromatic rings. The number of carboxylic acid groups (broad SMARTS) is 1. The molecular weight excluding hydrogens is 334 g/mol. The van der Waals surface area contributed by atoms with Gasteiger partial charge in [0.2, 0.25) is 5.91 Å². The molecule has 4 nitrogen and oxygen atoms in total. The number of carbonyl (C=O) groups is 2. The number of rotatable bonds is 5. The van der Waals surface area contributed by atoms with E-state index in [-0.39, 0.29) is 18.4 Å². The summed E-state index contributed by atoms with van der Waals surface area (Å²) in [5, 5.41) is 9.55. The van der Waals surface area contributed by atoms with Gasteiger partial charge in [-0.15, -0.1) is 11.8 Å². The maximum absolute atomic E-state index is 12.6. The van der Waals surface area contributed by atoms with E-state index in [9.17, 15) is 14.7 Å². The number of hydrogen-bond donors (Lipinski definition) is 1. The Kier molecular flexibility index (Phi) is 5.43. The van der Waals surface area contributed by atoms with Crippen molar-refractivity contribution in [3.63, 3.8) is 0 Å². The fraction of sp³-hybridized carbons (Fsp3) is 0.300. The molecule has 3 rings (SSSR count). The first-order chi connectivity index (χ1) is 12.1. The van der Waals surface area contributed by atoms with Crippen molar-refractivity contribution in [1.29, 1.82) is 0 Å². The number of carboxylic acids is 1. The zero-order valence-corrected chi connectivity index (χ0v) is 14.9. The summed E-state index contributed by atoms with van der Waals surface area (Å²) >= 11 is 1.51. The summed E-state index contributed by atoms with van der Waals surface area (Å²) in [7, 11) is 0. The molecule has 1 aliphatic rings. The van der Waals surface area contributed by atoms with Crippen LogP contribution in [0.3, 0.4) is 0 Å². The molecule has 0 saturated carbocycles. The Bertz CT molecular complexity index is 763. The average molecular weight is 355 g/mol. The molecule has 25 heavy (non-hydrogen) atoms. The lowest BCUT2D eigenvalue weighted by Gasteiger charge is -2.16. The van der Waals surface area contributed by atoms with E-state index in [2.05, 4.69) is 0 Å². The van der Waals surface area contributed by atoms with Crippen molar-refractivity contribution < 1.29 is 14.7 Å². The summed E-state index contributed by atoms with van der Waals surface area (Å²) in [6.45, 7) is 2.77. The SMILES string of the molecule is Cc1ccccc1SCC(=O)N1CC(C(=O)O)C(c2ccccc2)C1. The van der Waals surface area contributed by atoms with Gasteiger partial charge in [-0.25, -0.2) is 0 Å². The molecule has 0 bridgehead atoms. The summed E-state index contributed by atoms with van der Waals surface area (Å²) < 4.78 is 0. The van der Waals surface area contributed by atoms with Gasteiger partial charge in [0.05, 0.1) is 11.7 Å². The third-order valence-electron chi connectivity index (χ3n) is 4.66. The molecule has 0 spiro atoms. The Morgan fingerprint density at radius 3 is 2.44 bits per heavy atom. The molecule has 1 N–H and O–H groups in total. The maximum Gasteiger partial charge on any atom is 0.308 e. The quantitative estimate of drug-likeness (QED) is 0.835. The molecule has 2 atom stereocenters. The van der Waals surface area contributed by atoms with E-state index < -0.39 is 11.9 Å². The number of nitrogens with zero attached hydrogens (tertiary/aromatic N) is 1. The lowest BCUT2D eigenvalue weighted by Crippen LogP contribution is -2.31. The van der Waals surface area contributed by atoms with Crippen LogP contribution in [0.15, 0.2) is 59.5 Å². The number of likely N-dealkylation sites (tertiary alicyclic amines) is 1. The van der Waals surface area contributed by atoms with E-state index in [1.54, 1.807) is 4.90 Å². The summed E-state index contributed by atoms with van der Waals surface area (Å²) in [6, 6.07) is 17.6. The van der Waals surface area contributed by atoms with Crippen molar-refractivity contribution in [1.82, 2.24) is 4.90 Å². The Balaban J connectivity index is 1.67. The van der Waals surface area contributed by atoms with Crippen LogP contribution in [0.2, 0.25) is 0 Å². The van der Waals surface area contributed by atoms with Crippen LogP contribution < -0.4 is 0 Å². The molecule has 0 radical (unpaired) electrons. The van der Waals surface area contributed by atoms with Gasteiger partial charge in [0.15, 0.2) is 0 Å². The van der Waals surface area contributed by atoms with Crippen molar-refractivity contribution in [3.8, 4) is 0 Å². The Morgan fingerprint density at radius 2 is 1.76 bits per heavy atom. The number of amides is 1. The van der Waals surface area contributed by atoms with E-state index in [4.69, 9.17) is 0 Å². The summed E-state index contributed by atoms with van der Waals surface area (Å²) in [5.41, 5.74) is 2.13. The summed E-state index contributed by atoms with van der Waals surface area (Å²) in [6.07, 6.45) is 0. The predicted molar refractivity (Wildman–Crippen MR) is 98.8 cm³/mol. The first kappa shape index (κ1) is 17.5. The standard InChI is InChI=1S/C20H21NO3S/c1-14-7-5-6-10-18(14)25-13-19(22)21-11-16(17(12-21)20(23)24)15-8-3-2-4-9-15/h2-10,16-17H,11-13H2,1H3,(H,23,24). The second kappa shape index (κ2) is 7.74. The molecular formula is C20H21NO3S. The minimum atomic E-state index is -0.837. The van der Waals surface area contributed by atoms with Crippen LogP contribution in [0.5, 0.6) is 0 Å². The third kappa shape index (κ3) is 4.04. The molecule has 2 unspecified atom stereocenters. The molecule has 0 aliphatic carbocycles. The predicted octanol–water partition coefficient (Wildman–Crippen LogP) is 3.41. The molecule has 1 heterocycles. The van der Waals surface area contributed by atoms with Crippen LogP contribution >= 0.6 is 11.8 Å². The molecule has 130 valence electrons. The first-order valence-corrected chi connectivity index (χ1v) is 9.29. The van der Waals surface area contributed by atoms with Crippen molar-refractivity contribution in [2.75, 3.05) is 18.8 Å². The number of carbonyl (C=O) groups excluding carboxylic acids is 1. The van der Waals surface area contributed by atoms with Crippen molar-refractivity contribution in [2.24, 2.45) is 5.92 Å². The molecule has 1 fully saturated rings. The van der Waals surface area contributed by atoms with Gasteiger partial charge in [-0.1, -0.05) is 48.5 Å². The molecule has 1 aliphatic heterocycles. The van der Waals surface area contributed by atoms with Gasteiger partial charge < -0.3 is 10.0 Å². The molecule has 0 aromatic heterocycles. The number of hydrogen-bond acceptors (Lipinski definition) is 3. The lowest BCUT2D eigenvalue weighted by atomic mass is 9.89. The highest BCUT2D eigenvalue weighted by Crippen LogP contribution is 2.33. The summed E-state index contributed by atoms with van der Waals surface area (Å²) in [4.78, 5) is 27.0. The number of aliphatic carboxylic acids is 1. The number of aryl methyl sites for hydroxylation is 1. The van der Waals surface area contributed by atoms with E-state index in [0.29, 0.717) is 12.3 Å². The van der Waals surface area contributed by atoms with Gasteiger partial charge in [0.1, 0.15) is 0 Å². The highest BCUT2D eigenvalue weighted by Gasteiger charge is 2.40. The summed E-state index contributed by atoms with van der Waals surface area (Å²) in [5.74, 6) is -1.20. The van der Waals surface area contributed by atoms with Crippen LogP contribution in [0.4, 0.5) is 0 Å². The first-order valence-electron chi connectivity index (χ1n) is 8.30. The van der Waals surface area contributed by atoms with Gasteiger partial charge in [0, 0.05) is 23.9 Å². The van der Waals surface area contributed by atoms with Crippen LogP contribution in [-0.4, -0.2) is 40.7 Å². The van der Waals surface area contributed by atoms with E-state index in [1.165, 1.54) is 11.8 Å². The fourth-order valence-corrected chi connectivity index (χ4v) is 4.18. The van der Waals surface area contributed by atoms with Gasteiger partial charge in [0.25, 0.3) is 0 Å². The molecule has 5 heteroatoms. The smallest absolute Gasteiger partial charge is 0.308 e. The normalized spacial score (nSPS) is 19.8. The van der Waals surface area contributed by atoms with E-state index >= 15 is 0 Å². The van der Waals surface area contributed by atoms with Crippen molar-refractivity contribution in [2.45, 2.75) is 17.7 Å². The topological polar surface area (TPSA) is 57.6 Å². The minimum absolute atomic E-state index is 0.00191. The zero-order chi connectivity index (χ0) is 17.8. The van der Waals surface area contributed by atoms with Gasteiger partial charge >= 0.3 is 5.97 Å². The highest BCUT2D eigenvalue weighted by molar-refractivity contribution is 8.00. The lowest BCUT2D eigenvalue weighted by molar-refractivity contribution is -0.141. The Morgan fingerprint density at radius 1 is 1.08 bits per heavy atom. The minimum Gasteiger partial charge on any atom is -0.481 e. The zero-order valence-electron chi connectivity index (χ0n) is 14.1. The maximum atomic E-state index is 12.6. The molecule has 1 amide bonds. The van der Waals surface area contributed by atoms with Crippen molar-refractivity contribution >= 4 is 23.6 Å². The fourth-order valence-electron chi connectivity index (χ4n) is 3.24. The van der Waals surface area contributed by atoms with Crippen LogP contribution in [0.25, 0.3) is 0 Å². The second-order valence-corrected chi connectivity index (χ2v) is 7.33. The van der Waals surface area contributed by atoms with Gasteiger partial charge in [-0.2, -0.15) is 0 Å². The Hall–Kier alpha value is -2.27. The number of thioether (sulfide) groups is 1. The van der Waals surface area contributed by atoms with Crippen LogP contribution in [0.1, 0.15) is 17.0 Å². The van der Waals surface area contributed by atoms with Crippen molar-refractivity contribution in [3.05, 3.63) is 65.7 Å². The van der Waals surface area contributed by atoms with E-state index in [0.717, 1.165) is 16.0 Å². The molecule has 2 aromatic carbocycles. The third-order valence-corrected chi connectivity index (χ3v) is 5.82. The van der Waals surface area contributed by atoms with Gasteiger partial charge in [-0.3, -0.25) is 9.59 Å². The van der Waals surface area contributed by atoms with Gasteiger partial charge in [-0.05, 0) is 24.1 Å². The Labute approximate surface area is 151 Å². The largest absolute Gasteiger partial charge is 0.481 e. The average Bonchev–Trinajstić information content (AvgIpc) is 3.07. The second-order valence-electron chi connectivity index (χ2n) is 6.31. The molecule has 1 saturated heterocycles. The van der Waals surface area contributed by atoms with E-state index in [1.807, 2.05) is 61.5 Å². The highest BCUT2D eigenvalue weighted by atomic mass is 32.2. The number of benzene rings is 2.